The topological polar surface area (TPSA) is 29.1 Å². The molecule has 4 heteroatoms. The predicted octanol–water partition coefficient (Wildman–Crippen LogP) is 0.587. The van der Waals surface area contributed by atoms with Gasteiger partial charge in [-0.15, -0.1) is 0 Å². The average Bonchev–Trinajstić information content (AvgIpc) is 2.42. The molecule has 0 spiro atoms. The van der Waals surface area contributed by atoms with Crippen molar-refractivity contribution in [2.45, 2.75) is 13.8 Å². The highest BCUT2D eigenvalue weighted by molar-refractivity contribution is 6.93. The van der Waals surface area contributed by atoms with Crippen LogP contribution in [0.1, 0.15) is 11.1 Å². The zero-order valence-corrected chi connectivity index (χ0v) is 13.9. The van der Waals surface area contributed by atoms with Gasteiger partial charge < -0.3 is 4.12 Å². The molecule has 0 N–H and O–H groups in total. The Labute approximate surface area is 112 Å². The lowest BCUT2D eigenvalue weighted by Crippen LogP contribution is -2.60. The Kier molecular flexibility index (Phi) is 3.82. The molecule has 1 radical (unpaired) electrons. The second kappa shape index (κ2) is 5.20. The minimum absolute atomic E-state index is 0.461. The number of hydrogen-bond donors (Lipinski definition) is 0. The highest BCUT2D eigenvalue weighted by Crippen LogP contribution is 2.10. The Morgan fingerprint density at radius 3 is 2.28 bits per heavy atom. The molecule has 1 unspecified atom stereocenters. The Morgan fingerprint density at radius 2 is 1.67 bits per heavy atom. The van der Waals surface area contributed by atoms with Crippen LogP contribution in [0.5, 0.6) is 0 Å². The van der Waals surface area contributed by atoms with E-state index in [9.17, 15) is 4.80 Å². The molecular formula is C14H17O2Si2. The van der Waals surface area contributed by atoms with Crippen molar-refractivity contribution in [3.05, 3.63) is 59.7 Å². The number of aryl methyl sites for hydroxylation is 1. The molecule has 0 bridgehead atoms. The molecule has 0 saturated heterocycles. The van der Waals surface area contributed by atoms with Crippen LogP contribution in [0.3, 0.4) is 0 Å². The lowest BCUT2D eigenvalue weighted by Gasteiger charge is -2.24. The second-order valence-corrected chi connectivity index (χ2v) is 8.42. The van der Waals surface area contributed by atoms with E-state index >= 15 is 0 Å². The maximum atomic E-state index is 13.2. The van der Waals surface area contributed by atoms with Gasteiger partial charge in [0.15, 0.2) is 0 Å². The maximum Gasteiger partial charge on any atom is 0.428 e. The van der Waals surface area contributed by atoms with Gasteiger partial charge in [-0.1, -0.05) is 48.5 Å². The van der Waals surface area contributed by atoms with Crippen molar-refractivity contribution >= 4 is 29.4 Å². The van der Waals surface area contributed by atoms with Gasteiger partial charge in [-0.2, -0.15) is 0 Å². The Balaban J connectivity index is 2.61. The van der Waals surface area contributed by atoms with Crippen LogP contribution in [-0.4, -0.2) is 19.0 Å². The zero-order valence-electron chi connectivity index (χ0n) is 10.9. The third-order valence-electron chi connectivity index (χ3n) is 3.40. The average molecular weight is 273 g/mol. The van der Waals surface area contributed by atoms with E-state index in [0.717, 1.165) is 21.5 Å². The van der Waals surface area contributed by atoms with Gasteiger partial charge in [0.25, 0.3) is 0 Å². The van der Waals surface area contributed by atoms with Crippen molar-refractivity contribution in [1.82, 2.24) is 0 Å². The predicted molar refractivity (Wildman–Crippen MR) is 79.1 cm³/mol. The summed E-state index contributed by atoms with van der Waals surface area (Å²) < 4.78 is 5.57. The van der Waals surface area contributed by atoms with Crippen molar-refractivity contribution in [3.63, 3.8) is 0 Å². The highest BCUT2D eigenvalue weighted by atomic mass is 28.4. The molecule has 2 nitrogen and oxygen atoms in total. The van der Waals surface area contributed by atoms with Gasteiger partial charge in [0.2, 0.25) is 0 Å². The maximum absolute atomic E-state index is 13.2. The van der Waals surface area contributed by atoms with Gasteiger partial charge in [-0.25, -0.2) is 4.80 Å². The van der Waals surface area contributed by atoms with Crippen LogP contribution >= 0.6 is 0 Å². The van der Waals surface area contributed by atoms with Crippen LogP contribution < -0.4 is 10.4 Å². The highest BCUT2D eigenvalue weighted by Gasteiger charge is 2.40. The quantitative estimate of drug-likeness (QED) is 0.753. The number of benzene rings is 2. The van der Waals surface area contributed by atoms with Gasteiger partial charge in [0.05, 0.1) is 0 Å². The monoisotopic (exact) mass is 273 g/mol. The summed E-state index contributed by atoms with van der Waals surface area (Å²) in [7, 11) is -2.78. The van der Waals surface area contributed by atoms with Gasteiger partial charge in [-0.05, 0) is 30.2 Å². The summed E-state index contributed by atoms with van der Waals surface area (Å²) in [5.41, 5.74) is 2.22. The molecular weight excluding hydrogens is 256 g/mol. The van der Waals surface area contributed by atoms with E-state index in [4.69, 9.17) is 4.12 Å². The summed E-state index contributed by atoms with van der Waals surface area (Å²) in [5, 5.41) is 1.65. The SMILES string of the molecule is Cc1cccc([Si]([O])(O[SiH3])c2ccccc2)c1C. The summed E-state index contributed by atoms with van der Waals surface area (Å²) in [5.74, 6) is 0. The standard InChI is InChI=1S/C14H17O2Si2/c1-11-7-6-10-14(12(11)2)18(15,16-17)13-8-4-3-5-9-13/h3-10H,1-2,17H3. The summed E-state index contributed by atoms with van der Waals surface area (Å²) >= 11 is 0. The lowest BCUT2D eigenvalue weighted by atomic mass is 10.1. The summed E-state index contributed by atoms with van der Waals surface area (Å²) in [4.78, 5) is 13.2. The first-order valence-electron chi connectivity index (χ1n) is 5.97. The first-order chi connectivity index (χ1) is 8.59. The van der Waals surface area contributed by atoms with E-state index in [-0.39, 0.29) is 0 Å². The molecule has 2 rings (SSSR count). The van der Waals surface area contributed by atoms with Crippen LogP contribution in [0.25, 0.3) is 0 Å². The van der Waals surface area contributed by atoms with Crippen LogP contribution in [0.2, 0.25) is 0 Å². The van der Waals surface area contributed by atoms with Crippen molar-refractivity contribution in [2.75, 3.05) is 0 Å². The van der Waals surface area contributed by atoms with Crippen LogP contribution in [0.15, 0.2) is 48.5 Å². The smallest absolute Gasteiger partial charge is 0.428 e. The van der Waals surface area contributed by atoms with Gasteiger partial charge in [0.1, 0.15) is 10.5 Å². The minimum atomic E-state index is -3.24. The molecule has 0 heterocycles. The first-order valence-corrected chi connectivity index (χ1v) is 8.60. The molecule has 0 aliphatic heterocycles. The van der Waals surface area contributed by atoms with Gasteiger partial charge >= 0.3 is 8.56 Å². The van der Waals surface area contributed by atoms with E-state index in [1.54, 1.807) is 0 Å². The van der Waals surface area contributed by atoms with Crippen molar-refractivity contribution in [2.24, 2.45) is 0 Å². The Bertz CT molecular complexity index is 543. The van der Waals surface area contributed by atoms with E-state index in [1.165, 1.54) is 0 Å². The number of hydrogen-bond acceptors (Lipinski definition) is 1. The summed E-state index contributed by atoms with van der Waals surface area (Å²) in [6, 6.07) is 15.4. The molecule has 0 amide bonds. The fourth-order valence-corrected chi connectivity index (χ4v) is 5.92. The Morgan fingerprint density at radius 1 is 1.00 bits per heavy atom. The first kappa shape index (κ1) is 13.2. The van der Waals surface area contributed by atoms with E-state index in [1.807, 2.05) is 62.4 Å². The van der Waals surface area contributed by atoms with E-state index in [0.29, 0.717) is 10.5 Å². The molecule has 0 aliphatic rings. The third kappa shape index (κ3) is 2.20. The molecule has 93 valence electrons. The zero-order chi connectivity index (χ0) is 13.2. The lowest BCUT2D eigenvalue weighted by molar-refractivity contribution is 0.350. The normalized spacial score (nSPS) is 14.4. The molecule has 1 atom stereocenters. The van der Waals surface area contributed by atoms with Gasteiger partial charge in [-0.3, -0.25) is 0 Å². The van der Waals surface area contributed by atoms with Crippen LogP contribution in [0.4, 0.5) is 0 Å². The van der Waals surface area contributed by atoms with Gasteiger partial charge in [0, 0.05) is 5.19 Å². The van der Waals surface area contributed by atoms with Crippen LogP contribution in [0, 0.1) is 13.8 Å². The molecule has 2 aromatic rings. The summed E-state index contributed by atoms with van der Waals surface area (Å²) in [6.45, 7) is 4.04. The van der Waals surface area contributed by atoms with Crippen molar-refractivity contribution in [1.29, 1.82) is 0 Å². The van der Waals surface area contributed by atoms with E-state index < -0.39 is 8.56 Å². The third-order valence-corrected chi connectivity index (χ3v) is 8.04. The number of rotatable bonds is 3. The second-order valence-electron chi connectivity index (χ2n) is 4.43. The minimum Gasteiger partial charge on any atom is -0.437 e. The van der Waals surface area contributed by atoms with Crippen molar-refractivity contribution < 1.29 is 8.91 Å². The molecule has 18 heavy (non-hydrogen) atoms. The molecule has 0 aromatic heterocycles. The fraction of sp³-hybridized carbons (Fsp3) is 0.143. The Hall–Kier alpha value is -1.21. The van der Waals surface area contributed by atoms with Crippen LogP contribution in [-0.2, 0) is 8.91 Å². The summed E-state index contributed by atoms with van der Waals surface area (Å²) in [6.07, 6.45) is 0. The fourth-order valence-electron chi connectivity index (χ4n) is 2.15. The largest absolute Gasteiger partial charge is 0.437 e. The van der Waals surface area contributed by atoms with Crippen molar-refractivity contribution in [3.8, 4) is 0 Å². The van der Waals surface area contributed by atoms with E-state index in [2.05, 4.69) is 0 Å². The molecule has 0 aliphatic carbocycles. The molecule has 0 saturated carbocycles. The molecule has 2 aromatic carbocycles. The molecule has 0 fully saturated rings.